The lowest BCUT2D eigenvalue weighted by Crippen LogP contribution is -2.45. The normalized spacial score (nSPS) is 13.7. The Hall–Kier alpha value is -0.570. The molecule has 0 aromatic heterocycles. The zero-order valence-electron chi connectivity index (χ0n) is 12.9. The van der Waals surface area contributed by atoms with Crippen LogP contribution in [0, 0.1) is 11.8 Å². The van der Waals surface area contributed by atoms with E-state index in [1.54, 1.807) is 0 Å². The number of carbonyl (C=O) groups is 1. The van der Waals surface area contributed by atoms with E-state index >= 15 is 0 Å². The molecular weight excluding hydrogens is 224 g/mol. The SMILES string of the molecule is CCC(C)(CC)NC(=O)CCC(CCN)C(C)C. The molecule has 0 heterocycles. The van der Waals surface area contributed by atoms with Gasteiger partial charge >= 0.3 is 0 Å². The molecule has 0 spiro atoms. The minimum atomic E-state index is -0.0434. The molecule has 0 aliphatic carbocycles. The van der Waals surface area contributed by atoms with Gasteiger partial charge in [-0.2, -0.15) is 0 Å². The van der Waals surface area contributed by atoms with Crippen molar-refractivity contribution in [2.75, 3.05) is 6.54 Å². The molecule has 0 aromatic carbocycles. The summed E-state index contributed by atoms with van der Waals surface area (Å²) in [6.07, 6.45) is 4.55. The van der Waals surface area contributed by atoms with Gasteiger partial charge in [-0.05, 0) is 51.0 Å². The number of rotatable bonds is 9. The van der Waals surface area contributed by atoms with Gasteiger partial charge in [0.25, 0.3) is 0 Å². The van der Waals surface area contributed by atoms with Gasteiger partial charge in [0.15, 0.2) is 0 Å². The quantitative estimate of drug-likeness (QED) is 0.666. The lowest BCUT2D eigenvalue weighted by molar-refractivity contribution is -0.123. The Morgan fingerprint density at radius 3 is 2.17 bits per heavy atom. The third kappa shape index (κ3) is 6.39. The fourth-order valence-corrected chi connectivity index (χ4v) is 2.17. The summed E-state index contributed by atoms with van der Waals surface area (Å²) in [4.78, 5) is 12.0. The molecule has 0 saturated heterocycles. The zero-order chi connectivity index (χ0) is 14.2. The van der Waals surface area contributed by atoms with E-state index in [1.807, 2.05) is 0 Å². The molecule has 1 unspecified atom stereocenters. The van der Waals surface area contributed by atoms with Crippen molar-refractivity contribution in [3.63, 3.8) is 0 Å². The van der Waals surface area contributed by atoms with Gasteiger partial charge in [-0.3, -0.25) is 4.79 Å². The van der Waals surface area contributed by atoms with E-state index < -0.39 is 0 Å². The second kappa shape index (κ2) is 8.52. The van der Waals surface area contributed by atoms with Crippen LogP contribution in [0.4, 0.5) is 0 Å². The van der Waals surface area contributed by atoms with Crippen LogP contribution >= 0.6 is 0 Å². The monoisotopic (exact) mass is 256 g/mol. The maximum Gasteiger partial charge on any atom is 0.220 e. The molecule has 0 aliphatic rings. The van der Waals surface area contributed by atoms with Crippen LogP contribution in [0.2, 0.25) is 0 Å². The Morgan fingerprint density at radius 1 is 1.22 bits per heavy atom. The molecule has 3 N–H and O–H groups in total. The highest BCUT2D eigenvalue weighted by Crippen LogP contribution is 2.21. The third-order valence-corrected chi connectivity index (χ3v) is 4.22. The van der Waals surface area contributed by atoms with E-state index in [1.165, 1.54) is 0 Å². The number of hydrogen-bond acceptors (Lipinski definition) is 2. The van der Waals surface area contributed by atoms with Crippen LogP contribution in [0.3, 0.4) is 0 Å². The van der Waals surface area contributed by atoms with Crippen molar-refractivity contribution in [3.05, 3.63) is 0 Å². The highest BCUT2D eigenvalue weighted by atomic mass is 16.1. The van der Waals surface area contributed by atoms with Crippen molar-refractivity contribution in [1.29, 1.82) is 0 Å². The number of nitrogens with one attached hydrogen (secondary N) is 1. The minimum Gasteiger partial charge on any atom is -0.351 e. The maximum absolute atomic E-state index is 12.0. The minimum absolute atomic E-state index is 0.0434. The Morgan fingerprint density at radius 2 is 1.78 bits per heavy atom. The van der Waals surface area contributed by atoms with Crippen LogP contribution in [0.15, 0.2) is 0 Å². The van der Waals surface area contributed by atoms with Crippen molar-refractivity contribution in [2.24, 2.45) is 17.6 Å². The fourth-order valence-electron chi connectivity index (χ4n) is 2.17. The summed E-state index contributed by atoms with van der Waals surface area (Å²) in [5, 5.41) is 3.16. The van der Waals surface area contributed by atoms with Crippen molar-refractivity contribution < 1.29 is 4.79 Å². The van der Waals surface area contributed by atoms with Crippen molar-refractivity contribution in [1.82, 2.24) is 5.32 Å². The van der Waals surface area contributed by atoms with Crippen LogP contribution in [0.25, 0.3) is 0 Å². The number of hydrogen-bond donors (Lipinski definition) is 2. The summed E-state index contributed by atoms with van der Waals surface area (Å²) in [5.74, 6) is 1.35. The molecular formula is C15H32N2O. The first kappa shape index (κ1) is 17.4. The summed E-state index contributed by atoms with van der Waals surface area (Å²) in [7, 11) is 0. The molecule has 0 aliphatic heterocycles. The average molecular weight is 256 g/mol. The predicted molar refractivity (Wildman–Crippen MR) is 78.4 cm³/mol. The van der Waals surface area contributed by atoms with Crippen molar-refractivity contribution >= 4 is 5.91 Å². The summed E-state index contributed by atoms with van der Waals surface area (Å²) in [5.41, 5.74) is 5.57. The Bertz CT molecular complexity index is 235. The van der Waals surface area contributed by atoms with Crippen LogP contribution in [-0.4, -0.2) is 18.0 Å². The summed E-state index contributed by atoms with van der Waals surface area (Å²) in [6, 6.07) is 0. The van der Waals surface area contributed by atoms with E-state index in [0.29, 0.717) is 24.8 Å². The molecule has 0 fully saturated rings. The molecule has 3 heteroatoms. The van der Waals surface area contributed by atoms with Crippen LogP contribution < -0.4 is 11.1 Å². The second-order valence-corrected chi connectivity index (χ2v) is 5.94. The van der Waals surface area contributed by atoms with Gasteiger partial charge in [-0.15, -0.1) is 0 Å². The number of amides is 1. The van der Waals surface area contributed by atoms with Gasteiger partial charge in [0, 0.05) is 12.0 Å². The molecule has 108 valence electrons. The molecule has 3 nitrogen and oxygen atoms in total. The van der Waals surface area contributed by atoms with Crippen LogP contribution in [-0.2, 0) is 4.79 Å². The van der Waals surface area contributed by atoms with Crippen LogP contribution in [0.5, 0.6) is 0 Å². The molecule has 1 atom stereocenters. The van der Waals surface area contributed by atoms with Crippen molar-refractivity contribution in [2.45, 2.75) is 72.3 Å². The van der Waals surface area contributed by atoms with Gasteiger partial charge in [0.1, 0.15) is 0 Å². The van der Waals surface area contributed by atoms with E-state index in [9.17, 15) is 4.79 Å². The topological polar surface area (TPSA) is 55.1 Å². The van der Waals surface area contributed by atoms with E-state index in [-0.39, 0.29) is 11.4 Å². The number of nitrogens with two attached hydrogens (primary N) is 1. The van der Waals surface area contributed by atoms with Gasteiger partial charge in [-0.1, -0.05) is 27.7 Å². The molecule has 18 heavy (non-hydrogen) atoms. The van der Waals surface area contributed by atoms with E-state index in [2.05, 4.69) is 39.9 Å². The Balaban J connectivity index is 4.16. The summed E-state index contributed by atoms with van der Waals surface area (Å²) < 4.78 is 0. The van der Waals surface area contributed by atoms with Crippen molar-refractivity contribution in [3.8, 4) is 0 Å². The first-order valence-corrected chi connectivity index (χ1v) is 7.39. The van der Waals surface area contributed by atoms with Gasteiger partial charge in [-0.25, -0.2) is 0 Å². The fraction of sp³-hybridized carbons (Fsp3) is 0.933. The second-order valence-electron chi connectivity index (χ2n) is 5.94. The molecule has 0 saturated carbocycles. The van der Waals surface area contributed by atoms with E-state index in [4.69, 9.17) is 5.73 Å². The predicted octanol–water partition coefficient (Wildman–Crippen LogP) is 3.08. The zero-order valence-corrected chi connectivity index (χ0v) is 12.9. The first-order chi connectivity index (χ1) is 8.38. The molecule has 1 amide bonds. The van der Waals surface area contributed by atoms with Gasteiger partial charge in [0.2, 0.25) is 5.91 Å². The Kier molecular flexibility index (Phi) is 8.25. The smallest absolute Gasteiger partial charge is 0.220 e. The van der Waals surface area contributed by atoms with Crippen LogP contribution in [0.1, 0.15) is 66.7 Å². The average Bonchev–Trinajstić information content (AvgIpc) is 2.33. The highest BCUT2D eigenvalue weighted by molar-refractivity contribution is 5.76. The highest BCUT2D eigenvalue weighted by Gasteiger charge is 2.22. The molecule has 0 aromatic rings. The molecule has 0 radical (unpaired) electrons. The van der Waals surface area contributed by atoms with E-state index in [0.717, 1.165) is 25.7 Å². The summed E-state index contributed by atoms with van der Waals surface area (Å²) >= 11 is 0. The molecule has 0 bridgehead atoms. The lowest BCUT2D eigenvalue weighted by Gasteiger charge is -2.29. The third-order valence-electron chi connectivity index (χ3n) is 4.22. The lowest BCUT2D eigenvalue weighted by atomic mass is 9.88. The summed E-state index contributed by atoms with van der Waals surface area (Å²) in [6.45, 7) is 11.5. The Labute approximate surface area is 113 Å². The molecule has 0 rings (SSSR count). The van der Waals surface area contributed by atoms with Gasteiger partial charge in [0.05, 0.1) is 0 Å². The number of carbonyl (C=O) groups excluding carboxylic acids is 1. The first-order valence-electron chi connectivity index (χ1n) is 7.39. The maximum atomic E-state index is 12.0. The standard InChI is InChI=1S/C15H32N2O/c1-6-15(5,7-2)17-14(18)9-8-13(10-11-16)12(3)4/h12-13H,6-11,16H2,1-5H3,(H,17,18). The largest absolute Gasteiger partial charge is 0.351 e. The van der Waals surface area contributed by atoms with Gasteiger partial charge < -0.3 is 11.1 Å².